The number of aliphatic imine (C=N–C) groups is 1. The zero-order valence-electron chi connectivity index (χ0n) is 17.7. The highest BCUT2D eigenvalue weighted by Gasteiger charge is 2.34. The van der Waals surface area contributed by atoms with E-state index in [0.717, 1.165) is 24.6 Å². The number of nitrogens with zero attached hydrogens (tertiary/aromatic N) is 2. The van der Waals surface area contributed by atoms with Gasteiger partial charge in [-0.05, 0) is 56.5 Å². The minimum Gasteiger partial charge on any atom is -0.356 e. The third-order valence-electron chi connectivity index (χ3n) is 5.51. The molecule has 0 saturated heterocycles. The van der Waals surface area contributed by atoms with Crippen molar-refractivity contribution < 1.29 is 4.79 Å². The molecule has 0 aromatic heterocycles. The van der Waals surface area contributed by atoms with Crippen LogP contribution in [0, 0.1) is 5.41 Å². The second kappa shape index (κ2) is 12.3. The number of benzene rings is 1. The number of hydrogen-bond acceptors (Lipinski definition) is 3. The van der Waals surface area contributed by atoms with Crippen molar-refractivity contribution in [3.05, 3.63) is 35.4 Å². The lowest BCUT2D eigenvalue weighted by Crippen LogP contribution is -2.46. The summed E-state index contributed by atoms with van der Waals surface area (Å²) in [5.74, 6) is 0.784. The third-order valence-corrected chi connectivity index (χ3v) is 5.51. The molecule has 3 N–H and O–H groups in total. The smallest absolute Gasteiger partial charge is 0.251 e. The minimum atomic E-state index is -0.0314. The van der Waals surface area contributed by atoms with Crippen LogP contribution < -0.4 is 16.0 Å². The highest BCUT2D eigenvalue weighted by Crippen LogP contribution is 2.42. The van der Waals surface area contributed by atoms with Gasteiger partial charge >= 0.3 is 0 Å². The van der Waals surface area contributed by atoms with Crippen LogP contribution in [0.3, 0.4) is 0 Å². The molecule has 28 heavy (non-hydrogen) atoms. The number of likely N-dealkylation sites (N-methyl/N-ethyl adjacent to an activating group) is 1. The van der Waals surface area contributed by atoms with Gasteiger partial charge in [0.25, 0.3) is 5.91 Å². The van der Waals surface area contributed by atoms with Crippen molar-refractivity contribution in [2.75, 3.05) is 40.8 Å². The monoisotopic (exact) mass is 501 g/mol. The fraction of sp³-hybridized carbons (Fsp3) is 0.619. The maximum atomic E-state index is 12.3. The molecule has 6 nitrogen and oxygen atoms in total. The number of hydrogen-bond donors (Lipinski definition) is 3. The molecule has 1 fully saturated rings. The second-order valence-electron chi connectivity index (χ2n) is 7.75. The number of amides is 1. The van der Waals surface area contributed by atoms with Gasteiger partial charge in [0.05, 0.1) is 0 Å². The Labute approximate surface area is 187 Å². The van der Waals surface area contributed by atoms with Crippen molar-refractivity contribution in [3.63, 3.8) is 0 Å². The Morgan fingerprint density at radius 1 is 1.21 bits per heavy atom. The number of carbonyl (C=O) groups excluding carboxylic acids is 1. The van der Waals surface area contributed by atoms with Crippen molar-refractivity contribution in [1.82, 2.24) is 20.9 Å². The van der Waals surface area contributed by atoms with E-state index in [9.17, 15) is 4.79 Å². The van der Waals surface area contributed by atoms with Crippen molar-refractivity contribution in [2.45, 2.75) is 39.2 Å². The van der Waals surface area contributed by atoms with Gasteiger partial charge in [-0.3, -0.25) is 9.79 Å². The molecule has 1 aromatic carbocycles. The first-order chi connectivity index (χ1) is 13.0. The Bertz CT molecular complexity index is 638. The topological polar surface area (TPSA) is 68.8 Å². The summed E-state index contributed by atoms with van der Waals surface area (Å²) in [6.07, 6.45) is 5.16. The molecule has 0 aliphatic heterocycles. The number of guanidine groups is 1. The average Bonchev–Trinajstić information content (AvgIpc) is 2.63. The van der Waals surface area contributed by atoms with Crippen LogP contribution in [0.5, 0.6) is 0 Å². The number of halogens is 1. The molecular weight excluding hydrogens is 465 g/mol. The molecule has 158 valence electrons. The first-order valence-corrected chi connectivity index (χ1v) is 9.94. The molecule has 0 unspecified atom stereocenters. The van der Waals surface area contributed by atoms with E-state index in [0.29, 0.717) is 24.1 Å². The van der Waals surface area contributed by atoms with Gasteiger partial charge in [-0.2, -0.15) is 0 Å². The highest BCUT2D eigenvalue weighted by atomic mass is 127. The Balaban J connectivity index is 0.00000392. The lowest BCUT2D eigenvalue weighted by molar-refractivity contribution is 0.0951. The van der Waals surface area contributed by atoms with E-state index in [1.54, 1.807) is 7.05 Å². The van der Waals surface area contributed by atoms with Crippen molar-refractivity contribution in [1.29, 1.82) is 0 Å². The lowest BCUT2D eigenvalue weighted by atomic mass is 9.67. The van der Waals surface area contributed by atoms with E-state index in [2.05, 4.69) is 27.9 Å². The molecule has 1 aliphatic carbocycles. The molecule has 0 bridgehead atoms. The fourth-order valence-electron chi connectivity index (χ4n) is 3.33. The summed E-state index contributed by atoms with van der Waals surface area (Å²) in [5, 5.41) is 9.77. The fourth-order valence-corrected chi connectivity index (χ4v) is 3.33. The van der Waals surface area contributed by atoms with Crippen LogP contribution in [0.4, 0.5) is 0 Å². The van der Waals surface area contributed by atoms with Gasteiger partial charge in [-0.25, -0.2) is 0 Å². The summed E-state index contributed by atoms with van der Waals surface area (Å²) < 4.78 is 0. The Hall–Kier alpha value is -1.35. The van der Waals surface area contributed by atoms with E-state index in [-0.39, 0.29) is 29.9 Å². The predicted molar refractivity (Wildman–Crippen MR) is 128 cm³/mol. The maximum Gasteiger partial charge on any atom is 0.251 e. The summed E-state index contributed by atoms with van der Waals surface area (Å²) in [6, 6.07) is 7.73. The number of carbonyl (C=O) groups is 1. The number of rotatable bonds is 9. The molecule has 0 radical (unpaired) electrons. The van der Waals surface area contributed by atoms with Crippen LogP contribution in [-0.4, -0.2) is 57.5 Å². The van der Waals surface area contributed by atoms with Crippen molar-refractivity contribution >= 4 is 35.8 Å². The highest BCUT2D eigenvalue weighted by molar-refractivity contribution is 14.0. The third kappa shape index (κ3) is 7.58. The van der Waals surface area contributed by atoms with Gasteiger partial charge in [0.15, 0.2) is 5.96 Å². The summed E-state index contributed by atoms with van der Waals surface area (Å²) in [7, 11) is 5.78. The molecule has 1 saturated carbocycles. The van der Waals surface area contributed by atoms with Crippen LogP contribution in [0.25, 0.3) is 0 Å². The SMILES string of the molecule is CCC1(CNC(=NC)NCc2cccc(C(=O)NCCN(C)C)c2)CCC1.I. The first-order valence-electron chi connectivity index (χ1n) is 9.94. The first kappa shape index (κ1) is 24.7. The molecule has 2 rings (SSSR count). The lowest BCUT2D eigenvalue weighted by Gasteiger charge is -2.41. The molecule has 1 amide bonds. The Morgan fingerprint density at radius 3 is 2.54 bits per heavy atom. The standard InChI is InChI=1S/C21H35N5O.HI/c1-5-21(10-7-11-21)16-25-20(22-2)24-15-17-8-6-9-18(14-17)19(27)23-12-13-26(3)4;/h6,8-9,14H,5,7,10-13,15-16H2,1-4H3,(H,23,27)(H2,22,24,25);1H. The summed E-state index contributed by atoms with van der Waals surface area (Å²) >= 11 is 0. The van der Waals surface area contributed by atoms with Gasteiger partial charge in [0, 0.05) is 38.8 Å². The van der Waals surface area contributed by atoms with E-state index in [1.165, 1.54) is 25.7 Å². The quantitative estimate of drug-likeness (QED) is 0.277. The zero-order chi connectivity index (χ0) is 19.7. The van der Waals surface area contributed by atoms with Crippen LogP contribution in [0.1, 0.15) is 48.5 Å². The maximum absolute atomic E-state index is 12.3. The van der Waals surface area contributed by atoms with Crippen LogP contribution in [-0.2, 0) is 6.54 Å². The molecule has 7 heteroatoms. The van der Waals surface area contributed by atoms with Crippen molar-refractivity contribution in [3.8, 4) is 0 Å². The number of nitrogens with one attached hydrogen (secondary N) is 3. The largest absolute Gasteiger partial charge is 0.356 e. The van der Waals surface area contributed by atoms with Gasteiger partial charge in [-0.1, -0.05) is 25.5 Å². The molecular formula is C21H36IN5O. The van der Waals surface area contributed by atoms with Gasteiger partial charge in [-0.15, -0.1) is 24.0 Å². The Kier molecular flexibility index (Phi) is 10.8. The average molecular weight is 501 g/mol. The van der Waals surface area contributed by atoms with Crippen LogP contribution in [0.2, 0.25) is 0 Å². The molecule has 1 aliphatic rings. The van der Waals surface area contributed by atoms with E-state index in [4.69, 9.17) is 0 Å². The molecule has 0 heterocycles. The summed E-state index contributed by atoms with van der Waals surface area (Å²) in [4.78, 5) is 18.6. The molecule has 1 aromatic rings. The molecule has 0 atom stereocenters. The van der Waals surface area contributed by atoms with E-state index in [1.807, 2.05) is 43.3 Å². The van der Waals surface area contributed by atoms with Gasteiger partial charge in [0.1, 0.15) is 0 Å². The van der Waals surface area contributed by atoms with E-state index >= 15 is 0 Å². The second-order valence-corrected chi connectivity index (χ2v) is 7.75. The van der Waals surface area contributed by atoms with Gasteiger partial charge < -0.3 is 20.9 Å². The predicted octanol–water partition coefficient (Wildman–Crippen LogP) is 2.84. The molecule has 0 spiro atoms. The van der Waals surface area contributed by atoms with Crippen molar-refractivity contribution in [2.24, 2.45) is 10.4 Å². The van der Waals surface area contributed by atoms with Crippen LogP contribution >= 0.6 is 24.0 Å². The normalized spacial score (nSPS) is 15.4. The minimum absolute atomic E-state index is 0. The Morgan fingerprint density at radius 2 is 1.96 bits per heavy atom. The van der Waals surface area contributed by atoms with E-state index < -0.39 is 0 Å². The summed E-state index contributed by atoms with van der Waals surface area (Å²) in [5.41, 5.74) is 2.20. The summed E-state index contributed by atoms with van der Waals surface area (Å²) in [6.45, 7) is 5.35. The zero-order valence-corrected chi connectivity index (χ0v) is 20.0. The van der Waals surface area contributed by atoms with Crippen LogP contribution in [0.15, 0.2) is 29.3 Å². The van der Waals surface area contributed by atoms with Gasteiger partial charge in [0.2, 0.25) is 0 Å².